The second-order valence-electron chi connectivity index (χ2n) is 3.95. The molecule has 1 rings (SSSR count). The van der Waals surface area contributed by atoms with E-state index < -0.39 is 0 Å². The Hall–Kier alpha value is -1.55. The number of rotatable bonds is 6. The molecule has 4 nitrogen and oxygen atoms in total. The Bertz CT molecular complexity index is 349. The molecule has 3 N–H and O–H groups in total. The van der Waals surface area contributed by atoms with Gasteiger partial charge >= 0.3 is 0 Å². The molecule has 1 amide bonds. The Labute approximate surface area is 102 Å². The van der Waals surface area contributed by atoms with Crippen LogP contribution in [0.15, 0.2) is 24.3 Å². The van der Waals surface area contributed by atoms with Gasteiger partial charge in [-0.25, -0.2) is 0 Å². The highest BCUT2D eigenvalue weighted by Gasteiger charge is 2.03. The van der Waals surface area contributed by atoms with Gasteiger partial charge in [0.2, 0.25) is 5.91 Å². The molecule has 0 heterocycles. The molecule has 0 radical (unpaired) electrons. The second-order valence-corrected chi connectivity index (χ2v) is 3.95. The number of benzene rings is 1. The lowest BCUT2D eigenvalue weighted by Crippen LogP contribution is -2.16. The van der Waals surface area contributed by atoms with Gasteiger partial charge in [-0.2, -0.15) is 0 Å². The van der Waals surface area contributed by atoms with Crippen molar-refractivity contribution in [2.45, 2.75) is 32.8 Å². The maximum absolute atomic E-state index is 11.3. The first kappa shape index (κ1) is 13.5. The second kappa shape index (κ2) is 6.91. The van der Waals surface area contributed by atoms with Gasteiger partial charge in [0.15, 0.2) is 0 Å². The molecule has 94 valence electrons. The molecule has 0 fully saturated rings. The summed E-state index contributed by atoms with van der Waals surface area (Å²) < 4.78 is 5.64. The Morgan fingerprint density at radius 1 is 1.41 bits per heavy atom. The van der Waals surface area contributed by atoms with E-state index in [4.69, 9.17) is 10.5 Å². The van der Waals surface area contributed by atoms with Crippen LogP contribution >= 0.6 is 0 Å². The summed E-state index contributed by atoms with van der Waals surface area (Å²) in [6, 6.07) is 7.35. The first-order valence-corrected chi connectivity index (χ1v) is 5.92. The van der Waals surface area contributed by atoms with Gasteiger partial charge in [-0.1, -0.05) is 6.92 Å². The molecule has 0 aliphatic heterocycles. The minimum atomic E-state index is -0.0666. The normalized spacial score (nSPS) is 11.9. The van der Waals surface area contributed by atoms with E-state index in [1.807, 2.05) is 31.2 Å². The molecule has 17 heavy (non-hydrogen) atoms. The molecule has 4 heteroatoms. The summed E-state index contributed by atoms with van der Waals surface area (Å²) >= 11 is 0. The number of carbonyl (C=O) groups is 1. The Kier molecular flexibility index (Phi) is 5.49. The number of anilines is 1. The molecule has 0 aliphatic rings. The van der Waals surface area contributed by atoms with E-state index in [0.29, 0.717) is 13.0 Å². The molecular weight excluding hydrogens is 216 g/mol. The molecule has 0 saturated carbocycles. The number of hydrogen-bond donors (Lipinski definition) is 2. The third kappa shape index (κ3) is 4.87. The average molecular weight is 236 g/mol. The summed E-state index contributed by atoms with van der Waals surface area (Å²) in [6.45, 7) is 4.46. The van der Waals surface area contributed by atoms with Crippen molar-refractivity contribution >= 4 is 11.6 Å². The van der Waals surface area contributed by atoms with Crippen molar-refractivity contribution in [3.05, 3.63) is 24.3 Å². The molecule has 1 aromatic carbocycles. The fraction of sp³-hybridized carbons (Fsp3) is 0.462. The summed E-state index contributed by atoms with van der Waals surface area (Å²) in [5.74, 6) is 0.749. The maximum atomic E-state index is 11.3. The summed E-state index contributed by atoms with van der Waals surface area (Å²) in [6.07, 6.45) is 1.51. The topological polar surface area (TPSA) is 64.3 Å². The SMILES string of the molecule is CCC(C)Oc1ccc(NC(=O)CCN)cc1. The average Bonchev–Trinajstić information content (AvgIpc) is 2.32. The van der Waals surface area contributed by atoms with Crippen LogP contribution in [0.1, 0.15) is 26.7 Å². The highest BCUT2D eigenvalue weighted by Crippen LogP contribution is 2.17. The molecule has 1 aromatic rings. The summed E-state index contributed by atoms with van der Waals surface area (Å²) in [5.41, 5.74) is 6.06. The van der Waals surface area contributed by atoms with Crippen molar-refractivity contribution in [1.29, 1.82) is 0 Å². The number of amides is 1. The van der Waals surface area contributed by atoms with Gasteiger partial charge in [0, 0.05) is 18.7 Å². The van der Waals surface area contributed by atoms with Gasteiger partial charge in [-0.15, -0.1) is 0 Å². The quantitative estimate of drug-likeness (QED) is 0.795. The van der Waals surface area contributed by atoms with E-state index in [1.54, 1.807) is 0 Å². The highest BCUT2D eigenvalue weighted by atomic mass is 16.5. The van der Waals surface area contributed by atoms with Crippen molar-refractivity contribution < 1.29 is 9.53 Å². The first-order valence-electron chi connectivity index (χ1n) is 5.92. The van der Waals surface area contributed by atoms with Crippen LogP contribution < -0.4 is 15.8 Å². The number of nitrogens with one attached hydrogen (secondary N) is 1. The molecule has 1 unspecified atom stereocenters. The molecule has 0 aromatic heterocycles. The standard InChI is InChI=1S/C13H20N2O2/c1-3-10(2)17-12-6-4-11(5-7-12)15-13(16)8-9-14/h4-7,10H,3,8-9,14H2,1-2H3,(H,15,16). The largest absolute Gasteiger partial charge is 0.491 e. The molecule has 0 bridgehead atoms. The van der Waals surface area contributed by atoms with E-state index in [2.05, 4.69) is 12.2 Å². The van der Waals surface area contributed by atoms with Crippen LogP contribution in [0.5, 0.6) is 5.75 Å². The molecule has 0 saturated heterocycles. The third-order valence-corrected chi connectivity index (χ3v) is 2.42. The van der Waals surface area contributed by atoms with E-state index in [0.717, 1.165) is 17.9 Å². The van der Waals surface area contributed by atoms with Gasteiger partial charge in [-0.3, -0.25) is 4.79 Å². The van der Waals surface area contributed by atoms with Gasteiger partial charge < -0.3 is 15.8 Å². The monoisotopic (exact) mass is 236 g/mol. The van der Waals surface area contributed by atoms with Gasteiger partial charge in [0.05, 0.1) is 6.10 Å². The zero-order valence-corrected chi connectivity index (χ0v) is 10.4. The van der Waals surface area contributed by atoms with Crippen LogP contribution in [-0.2, 0) is 4.79 Å². The fourth-order valence-corrected chi connectivity index (χ4v) is 1.29. The number of nitrogens with two attached hydrogens (primary N) is 1. The Morgan fingerprint density at radius 3 is 2.59 bits per heavy atom. The van der Waals surface area contributed by atoms with Crippen molar-refractivity contribution in [2.24, 2.45) is 5.73 Å². The maximum Gasteiger partial charge on any atom is 0.225 e. The van der Waals surface area contributed by atoms with Gasteiger partial charge in [-0.05, 0) is 37.6 Å². The van der Waals surface area contributed by atoms with Crippen LogP contribution in [0.4, 0.5) is 5.69 Å². The van der Waals surface area contributed by atoms with Crippen molar-refractivity contribution in [3.63, 3.8) is 0 Å². The van der Waals surface area contributed by atoms with E-state index in [9.17, 15) is 4.79 Å². The third-order valence-electron chi connectivity index (χ3n) is 2.42. The zero-order valence-electron chi connectivity index (χ0n) is 10.4. The van der Waals surface area contributed by atoms with Crippen LogP contribution in [0.3, 0.4) is 0 Å². The lowest BCUT2D eigenvalue weighted by atomic mass is 10.2. The first-order chi connectivity index (χ1) is 8.15. The summed E-state index contributed by atoms with van der Waals surface area (Å²) in [4.78, 5) is 11.3. The highest BCUT2D eigenvalue weighted by molar-refractivity contribution is 5.90. The molecular formula is C13H20N2O2. The minimum Gasteiger partial charge on any atom is -0.491 e. The predicted molar refractivity (Wildman–Crippen MR) is 69.1 cm³/mol. The van der Waals surface area contributed by atoms with Gasteiger partial charge in [0.1, 0.15) is 5.75 Å². The van der Waals surface area contributed by atoms with Crippen molar-refractivity contribution in [1.82, 2.24) is 0 Å². The van der Waals surface area contributed by atoms with Crippen LogP contribution in [0, 0.1) is 0 Å². The smallest absolute Gasteiger partial charge is 0.225 e. The number of carbonyl (C=O) groups excluding carboxylic acids is 1. The predicted octanol–water partition coefficient (Wildman–Crippen LogP) is 2.15. The number of hydrogen-bond acceptors (Lipinski definition) is 3. The fourth-order valence-electron chi connectivity index (χ4n) is 1.29. The van der Waals surface area contributed by atoms with Crippen molar-refractivity contribution in [2.75, 3.05) is 11.9 Å². The van der Waals surface area contributed by atoms with E-state index >= 15 is 0 Å². The van der Waals surface area contributed by atoms with Crippen LogP contribution in [-0.4, -0.2) is 18.6 Å². The van der Waals surface area contributed by atoms with E-state index in [-0.39, 0.29) is 12.0 Å². The lowest BCUT2D eigenvalue weighted by Gasteiger charge is -2.13. The van der Waals surface area contributed by atoms with Crippen LogP contribution in [0.2, 0.25) is 0 Å². The molecule has 0 spiro atoms. The Balaban J connectivity index is 2.52. The summed E-state index contributed by atoms with van der Waals surface area (Å²) in [7, 11) is 0. The number of ether oxygens (including phenoxy) is 1. The van der Waals surface area contributed by atoms with Crippen LogP contribution in [0.25, 0.3) is 0 Å². The summed E-state index contributed by atoms with van der Waals surface area (Å²) in [5, 5.41) is 2.76. The molecule has 0 aliphatic carbocycles. The zero-order chi connectivity index (χ0) is 12.7. The van der Waals surface area contributed by atoms with E-state index in [1.165, 1.54) is 0 Å². The minimum absolute atomic E-state index is 0.0666. The lowest BCUT2D eigenvalue weighted by molar-refractivity contribution is -0.116. The van der Waals surface area contributed by atoms with Crippen molar-refractivity contribution in [3.8, 4) is 5.75 Å². The Morgan fingerprint density at radius 2 is 2.06 bits per heavy atom. The van der Waals surface area contributed by atoms with Gasteiger partial charge in [0.25, 0.3) is 0 Å². The molecule has 1 atom stereocenters.